The average molecular weight is 432 g/mol. The number of amides is 1. The Balaban J connectivity index is 2.31. The predicted octanol–water partition coefficient (Wildman–Crippen LogP) is 2.48. The van der Waals surface area contributed by atoms with Gasteiger partial charge in [0, 0.05) is 26.3 Å². The number of rotatable bonds is 7. The van der Waals surface area contributed by atoms with Crippen LogP contribution in [0.3, 0.4) is 0 Å². The van der Waals surface area contributed by atoms with Crippen LogP contribution in [0, 0.1) is 6.92 Å². The molecule has 3 aromatic rings. The number of pyridine rings is 1. The first kappa shape index (κ1) is 21.8. The number of anilines is 1. The highest BCUT2D eigenvalue weighted by atomic mass is 32.2. The standard InChI is InChI=1S/C21H25N3O5S/c1-13-7-9-14(10-8-13)18-17(20(26)22-2)16-12-15(6-5-11-25)19(23-21(16)29-18)24(3)30(4,27)28/h7-10,12,25H,5-6,11H2,1-4H3,(H,22,26). The van der Waals surface area contributed by atoms with Crippen LogP contribution < -0.4 is 9.62 Å². The molecule has 2 N–H and O–H groups in total. The molecule has 0 aliphatic heterocycles. The molecule has 0 spiro atoms. The fourth-order valence-corrected chi connectivity index (χ4v) is 3.67. The van der Waals surface area contributed by atoms with Crippen LogP contribution in [0.2, 0.25) is 0 Å². The number of fused-ring (bicyclic) bond motifs is 1. The second kappa shape index (κ2) is 8.45. The number of aliphatic hydroxyl groups is 1. The van der Waals surface area contributed by atoms with Gasteiger partial charge in [0.05, 0.1) is 17.2 Å². The molecule has 160 valence electrons. The van der Waals surface area contributed by atoms with E-state index < -0.39 is 10.0 Å². The predicted molar refractivity (Wildman–Crippen MR) is 116 cm³/mol. The zero-order valence-corrected chi connectivity index (χ0v) is 18.2. The number of nitrogens with one attached hydrogen (secondary N) is 1. The highest BCUT2D eigenvalue weighted by molar-refractivity contribution is 7.92. The van der Waals surface area contributed by atoms with Crippen LogP contribution in [0.1, 0.15) is 27.9 Å². The van der Waals surface area contributed by atoms with Gasteiger partial charge >= 0.3 is 0 Å². The second-order valence-electron chi connectivity index (χ2n) is 7.13. The van der Waals surface area contributed by atoms with E-state index in [1.807, 2.05) is 31.2 Å². The van der Waals surface area contributed by atoms with E-state index in [1.54, 1.807) is 6.07 Å². The number of aryl methyl sites for hydroxylation is 2. The van der Waals surface area contributed by atoms with Crippen LogP contribution in [0.5, 0.6) is 0 Å². The van der Waals surface area contributed by atoms with Crippen molar-refractivity contribution in [1.82, 2.24) is 10.3 Å². The quantitative estimate of drug-likeness (QED) is 0.594. The number of aromatic nitrogens is 1. The Morgan fingerprint density at radius 3 is 2.50 bits per heavy atom. The maximum atomic E-state index is 12.7. The summed E-state index contributed by atoms with van der Waals surface area (Å²) in [5.74, 6) is 0.249. The fraction of sp³-hybridized carbons (Fsp3) is 0.333. The molecular formula is C21H25N3O5S. The number of furan rings is 1. The Morgan fingerprint density at radius 1 is 1.27 bits per heavy atom. The van der Waals surface area contributed by atoms with E-state index in [-0.39, 0.29) is 24.0 Å². The Bertz CT molecular complexity index is 1180. The van der Waals surface area contributed by atoms with Crippen molar-refractivity contribution in [1.29, 1.82) is 0 Å². The van der Waals surface area contributed by atoms with E-state index in [9.17, 15) is 18.3 Å². The van der Waals surface area contributed by atoms with E-state index in [1.165, 1.54) is 14.1 Å². The summed E-state index contributed by atoms with van der Waals surface area (Å²) in [5, 5.41) is 12.4. The monoisotopic (exact) mass is 431 g/mol. The molecule has 1 aromatic carbocycles. The van der Waals surface area contributed by atoms with Gasteiger partial charge in [-0.15, -0.1) is 0 Å². The highest BCUT2D eigenvalue weighted by Crippen LogP contribution is 2.36. The van der Waals surface area contributed by atoms with Crippen LogP contribution in [-0.2, 0) is 16.4 Å². The van der Waals surface area contributed by atoms with Gasteiger partial charge in [0.25, 0.3) is 5.91 Å². The summed E-state index contributed by atoms with van der Waals surface area (Å²) in [6.45, 7) is 1.91. The molecule has 3 rings (SSSR count). The van der Waals surface area contributed by atoms with Crippen LogP contribution in [0.15, 0.2) is 34.7 Å². The second-order valence-corrected chi connectivity index (χ2v) is 9.15. The van der Waals surface area contributed by atoms with E-state index >= 15 is 0 Å². The lowest BCUT2D eigenvalue weighted by Gasteiger charge is -2.19. The number of aliphatic hydroxyl groups excluding tert-OH is 1. The summed E-state index contributed by atoms with van der Waals surface area (Å²) in [6.07, 6.45) is 1.91. The van der Waals surface area contributed by atoms with Gasteiger partial charge < -0.3 is 14.8 Å². The first-order chi connectivity index (χ1) is 14.2. The number of carbonyl (C=O) groups is 1. The van der Waals surface area contributed by atoms with Crippen molar-refractivity contribution in [3.8, 4) is 11.3 Å². The molecule has 2 heterocycles. The Kier molecular flexibility index (Phi) is 6.14. The van der Waals surface area contributed by atoms with Gasteiger partial charge in [-0.3, -0.25) is 9.10 Å². The minimum Gasteiger partial charge on any atom is -0.437 e. The van der Waals surface area contributed by atoms with Crippen molar-refractivity contribution >= 4 is 32.8 Å². The molecule has 0 aliphatic rings. The maximum Gasteiger partial charge on any atom is 0.255 e. The molecule has 2 aromatic heterocycles. The maximum absolute atomic E-state index is 12.7. The number of nitrogens with zero attached hydrogens (tertiary/aromatic N) is 2. The molecular weight excluding hydrogens is 406 g/mol. The normalized spacial score (nSPS) is 11.6. The third-order valence-corrected chi connectivity index (χ3v) is 6.07. The smallest absolute Gasteiger partial charge is 0.255 e. The van der Waals surface area contributed by atoms with Crippen molar-refractivity contribution in [3.63, 3.8) is 0 Å². The van der Waals surface area contributed by atoms with Crippen LogP contribution in [0.25, 0.3) is 22.4 Å². The van der Waals surface area contributed by atoms with Crippen LogP contribution in [-0.4, -0.2) is 51.4 Å². The minimum absolute atomic E-state index is 0.0532. The average Bonchev–Trinajstić information content (AvgIpc) is 3.08. The van der Waals surface area contributed by atoms with Crippen molar-refractivity contribution in [2.45, 2.75) is 19.8 Å². The van der Waals surface area contributed by atoms with Crippen LogP contribution >= 0.6 is 0 Å². The SMILES string of the molecule is CNC(=O)c1c(-c2ccc(C)cc2)oc2nc(N(C)S(C)(=O)=O)c(CCCO)cc12. The Morgan fingerprint density at radius 2 is 1.93 bits per heavy atom. The Labute approximate surface area is 175 Å². The van der Waals surface area contributed by atoms with Gasteiger partial charge in [-0.2, -0.15) is 4.98 Å². The summed E-state index contributed by atoms with van der Waals surface area (Å²) in [6, 6.07) is 9.27. The summed E-state index contributed by atoms with van der Waals surface area (Å²) >= 11 is 0. The van der Waals surface area contributed by atoms with Gasteiger partial charge in [-0.05, 0) is 31.4 Å². The topological polar surface area (TPSA) is 113 Å². The zero-order valence-electron chi connectivity index (χ0n) is 17.4. The van der Waals surface area contributed by atoms with E-state index in [0.717, 1.165) is 16.1 Å². The molecule has 0 bridgehead atoms. The van der Waals surface area contributed by atoms with Gasteiger partial charge in [-0.1, -0.05) is 29.8 Å². The van der Waals surface area contributed by atoms with Crippen molar-refractivity contribution in [2.24, 2.45) is 0 Å². The first-order valence-electron chi connectivity index (χ1n) is 9.47. The molecule has 0 radical (unpaired) electrons. The first-order valence-corrected chi connectivity index (χ1v) is 11.3. The molecule has 0 aliphatic carbocycles. The van der Waals surface area contributed by atoms with Gasteiger partial charge in [0.2, 0.25) is 15.7 Å². The van der Waals surface area contributed by atoms with Crippen LogP contribution in [0.4, 0.5) is 5.82 Å². The lowest BCUT2D eigenvalue weighted by Crippen LogP contribution is -2.27. The number of carbonyl (C=O) groups excluding carboxylic acids is 1. The molecule has 0 atom stereocenters. The molecule has 1 amide bonds. The van der Waals surface area contributed by atoms with Gasteiger partial charge in [0.15, 0.2) is 0 Å². The number of hydrogen-bond donors (Lipinski definition) is 2. The third-order valence-electron chi connectivity index (χ3n) is 4.91. The molecule has 9 heteroatoms. The van der Waals surface area contributed by atoms with E-state index in [4.69, 9.17) is 4.42 Å². The molecule has 0 saturated carbocycles. The van der Waals surface area contributed by atoms with Crippen molar-refractivity contribution in [2.75, 3.05) is 31.3 Å². The lowest BCUT2D eigenvalue weighted by atomic mass is 10.0. The van der Waals surface area contributed by atoms with Crippen molar-refractivity contribution in [3.05, 3.63) is 47.0 Å². The van der Waals surface area contributed by atoms with Crippen molar-refractivity contribution < 1.29 is 22.7 Å². The highest BCUT2D eigenvalue weighted by Gasteiger charge is 2.26. The summed E-state index contributed by atoms with van der Waals surface area (Å²) in [7, 11) is -0.620. The minimum atomic E-state index is -3.57. The van der Waals surface area contributed by atoms with E-state index in [2.05, 4.69) is 10.3 Å². The van der Waals surface area contributed by atoms with Gasteiger partial charge in [-0.25, -0.2) is 8.42 Å². The molecule has 8 nitrogen and oxygen atoms in total. The molecule has 0 saturated heterocycles. The summed E-state index contributed by atoms with van der Waals surface area (Å²) < 4.78 is 31.3. The molecule has 30 heavy (non-hydrogen) atoms. The number of sulfonamides is 1. The molecule has 0 fully saturated rings. The molecule has 0 unspecified atom stereocenters. The summed E-state index contributed by atoms with van der Waals surface area (Å²) in [5.41, 5.74) is 2.89. The van der Waals surface area contributed by atoms with E-state index in [0.29, 0.717) is 40.7 Å². The summed E-state index contributed by atoms with van der Waals surface area (Å²) in [4.78, 5) is 17.2. The number of benzene rings is 1. The fourth-order valence-electron chi connectivity index (χ4n) is 3.20. The van der Waals surface area contributed by atoms with Gasteiger partial charge in [0.1, 0.15) is 11.6 Å². The number of hydrogen-bond acceptors (Lipinski definition) is 6. The largest absolute Gasteiger partial charge is 0.437 e. The third kappa shape index (κ3) is 4.17. The zero-order chi connectivity index (χ0) is 22.1. The lowest BCUT2D eigenvalue weighted by molar-refractivity contribution is 0.0964. The Hall–Kier alpha value is -2.91.